The first-order valence-electron chi connectivity index (χ1n) is 6.44. The van der Waals surface area contributed by atoms with Gasteiger partial charge in [0.25, 0.3) is 0 Å². The first-order valence-corrected chi connectivity index (χ1v) is 6.97. The predicted molar refractivity (Wildman–Crippen MR) is 80.7 cm³/mol. The Hall–Kier alpha value is -0.280. The Morgan fingerprint density at radius 1 is 1.28 bits per heavy atom. The second-order valence-electron chi connectivity index (χ2n) is 4.70. The van der Waals surface area contributed by atoms with Crippen LogP contribution >= 0.6 is 24.0 Å². The number of halogens is 2. The van der Waals surface area contributed by atoms with Gasteiger partial charge in [-0.1, -0.05) is 30.3 Å². The molecule has 0 amide bonds. The first kappa shape index (κ1) is 15.8. The van der Waals surface area contributed by atoms with Gasteiger partial charge >= 0.3 is 0 Å². The molecular formula is C14H22Cl2N2. The molecule has 2 rings (SSSR count). The molecule has 1 aliphatic heterocycles. The zero-order chi connectivity index (χ0) is 11.9. The van der Waals surface area contributed by atoms with Crippen molar-refractivity contribution in [2.24, 2.45) is 0 Å². The van der Waals surface area contributed by atoms with Crippen LogP contribution in [0, 0.1) is 0 Å². The molecular weight excluding hydrogens is 267 g/mol. The van der Waals surface area contributed by atoms with Crippen molar-refractivity contribution in [2.75, 3.05) is 25.5 Å². The van der Waals surface area contributed by atoms with Crippen molar-refractivity contribution in [3.63, 3.8) is 0 Å². The van der Waals surface area contributed by atoms with E-state index in [2.05, 4.69) is 40.5 Å². The molecule has 0 aromatic heterocycles. The van der Waals surface area contributed by atoms with Gasteiger partial charge < -0.3 is 10.2 Å². The van der Waals surface area contributed by atoms with Crippen molar-refractivity contribution in [3.8, 4) is 0 Å². The number of benzene rings is 1. The van der Waals surface area contributed by atoms with E-state index in [0.29, 0.717) is 6.04 Å². The highest BCUT2D eigenvalue weighted by atomic mass is 35.5. The normalized spacial score (nSPS) is 20.4. The fraction of sp³-hybridized carbons (Fsp3) is 0.571. The van der Waals surface area contributed by atoms with E-state index < -0.39 is 0 Å². The fourth-order valence-corrected chi connectivity index (χ4v) is 2.64. The van der Waals surface area contributed by atoms with Crippen molar-refractivity contribution < 1.29 is 0 Å². The average molecular weight is 289 g/mol. The highest BCUT2D eigenvalue weighted by molar-refractivity contribution is 6.18. The molecule has 2 nitrogen and oxygen atoms in total. The maximum atomic E-state index is 5.79. The van der Waals surface area contributed by atoms with Crippen LogP contribution in [0.1, 0.15) is 18.4 Å². The SMILES string of the molecule is Cl.ClCCN1CCCC(NCc2ccccc2)C1. The highest BCUT2D eigenvalue weighted by Crippen LogP contribution is 2.10. The van der Waals surface area contributed by atoms with Crippen LogP contribution in [0.2, 0.25) is 0 Å². The van der Waals surface area contributed by atoms with E-state index in [4.69, 9.17) is 11.6 Å². The van der Waals surface area contributed by atoms with Gasteiger partial charge in [-0.25, -0.2) is 0 Å². The Labute approximate surface area is 121 Å². The molecule has 1 fully saturated rings. The van der Waals surface area contributed by atoms with Gasteiger partial charge in [0.2, 0.25) is 0 Å². The molecule has 1 saturated heterocycles. The maximum Gasteiger partial charge on any atom is 0.0351 e. The Balaban J connectivity index is 0.00000162. The van der Waals surface area contributed by atoms with Gasteiger partial charge in [-0.15, -0.1) is 24.0 Å². The second kappa shape index (κ2) is 8.76. The fourth-order valence-electron chi connectivity index (χ4n) is 2.40. The zero-order valence-corrected chi connectivity index (χ0v) is 12.2. The molecule has 1 aromatic carbocycles. The van der Waals surface area contributed by atoms with Crippen LogP contribution in [0.3, 0.4) is 0 Å². The van der Waals surface area contributed by atoms with Crippen LogP contribution in [0.5, 0.6) is 0 Å². The van der Waals surface area contributed by atoms with E-state index in [9.17, 15) is 0 Å². The topological polar surface area (TPSA) is 15.3 Å². The lowest BCUT2D eigenvalue weighted by Gasteiger charge is -2.32. The lowest BCUT2D eigenvalue weighted by atomic mass is 10.1. The minimum Gasteiger partial charge on any atom is -0.309 e. The molecule has 0 saturated carbocycles. The number of alkyl halides is 1. The Morgan fingerprint density at radius 2 is 2.06 bits per heavy atom. The third-order valence-electron chi connectivity index (χ3n) is 3.34. The molecule has 0 aliphatic carbocycles. The molecule has 1 aromatic rings. The number of rotatable bonds is 5. The van der Waals surface area contributed by atoms with E-state index in [1.807, 2.05) is 0 Å². The molecule has 1 N–H and O–H groups in total. The quantitative estimate of drug-likeness (QED) is 0.839. The summed E-state index contributed by atoms with van der Waals surface area (Å²) in [5.41, 5.74) is 1.36. The van der Waals surface area contributed by atoms with Gasteiger partial charge in [-0.05, 0) is 24.9 Å². The van der Waals surface area contributed by atoms with Gasteiger partial charge in [0.05, 0.1) is 0 Å². The molecule has 1 aliphatic rings. The third kappa shape index (κ3) is 5.15. The molecule has 0 spiro atoms. The molecule has 4 heteroatoms. The zero-order valence-electron chi connectivity index (χ0n) is 10.6. The van der Waals surface area contributed by atoms with Crippen molar-refractivity contribution >= 4 is 24.0 Å². The second-order valence-corrected chi connectivity index (χ2v) is 5.07. The van der Waals surface area contributed by atoms with Crippen molar-refractivity contribution in [2.45, 2.75) is 25.4 Å². The summed E-state index contributed by atoms with van der Waals surface area (Å²) in [6, 6.07) is 11.2. The van der Waals surface area contributed by atoms with Crippen LogP contribution in [-0.2, 0) is 6.54 Å². The summed E-state index contributed by atoms with van der Waals surface area (Å²) in [5, 5.41) is 3.64. The van der Waals surface area contributed by atoms with Crippen LogP contribution in [0.15, 0.2) is 30.3 Å². The summed E-state index contributed by atoms with van der Waals surface area (Å²) in [6.07, 6.45) is 2.56. The summed E-state index contributed by atoms with van der Waals surface area (Å²) in [7, 11) is 0. The van der Waals surface area contributed by atoms with Crippen molar-refractivity contribution in [1.82, 2.24) is 10.2 Å². The number of nitrogens with one attached hydrogen (secondary N) is 1. The van der Waals surface area contributed by atoms with Gasteiger partial charge in [0, 0.05) is 31.6 Å². The number of hydrogen-bond acceptors (Lipinski definition) is 2. The Kier molecular flexibility index (Phi) is 7.68. The van der Waals surface area contributed by atoms with E-state index in [1.54, 1.807) is 0 Å². The largest absolute Gasteiger partial charge is 0.309 e. The minimum absolute atomic E-state index is 0. The molecule has 1 atom stereocenters. The molecule has 0 bridgehead atoms. The number of hydrogen-bond donors (Lipinski definition) is 1. The summed E-state index contributed by atoms with van der Waals surface area (Å²) >= 11 is 5.79. The number of piperidine rings is 1. The number of likely N-dealkylation sites (tertiary alicyclic amines) is 1. The van der Waals surface area contributed by atoms with E-state index in [0.717, 1.165) is 25.5 Å². The van der Waals surface area contributed by atoms with Crippen molar-refractivity contribution in [3.05, 3.63) is 35.9 Å². The average Bonchev–Trinajstić information content (AvgIpc) is 2.39. The third-order valence-corrected chi connectivity index (χ3v) is 3.51. The monoisotopic (exact) mass is 288 g/mol. The lowest BCUT2D eigenvalue weighted by Crippen LogP contribution is -2.45. The molecule has 0 radical (unpaired) electrons. The standard InChI is InChI=1S/C14H21ClN2.ClH/c15-8-10-17-9-4-7-14(12-17)16-11-13-5-2-1-3-6-13;/h1-3,5-6,14,16H,4,7-12H2;1H. The molecule has 1 heterocycles. The van der Waals surface area contributed by atoms with Gasteiger partial charge in [-0.3, -0.25) is 0 Å². The lowest BCUT2D eigenvalue weighted by molar-refractivity contribution is 0.199. The van der Waals surface area contributed by atoms with Gasteiger partial charge in [0.15, 0.2) is 0 Å². The van der Waals surface area contributed by atoms with Crippen LogP contribution in [0.25, 0.3) is 0 Å². The smallest absolute Gasteiger partial charge is 0.0351 e. The first-order chi connectivity index (χ1) is 8.38. The van der Waals surface area contributed by atoms with Crippen LogP contribution < -0.4 is 5.32 Å². The van der Waals surface area contributed by atoms with E-state index in [1.165, 1.54) is 24.9 Å². The highest BCUT2D eigenvalue weighted by Gasteiger charge is 2.18. The summed E-state index contributed by atoms with van der Waals surface area (Å²) in [6.45, 7) is 4.33. The maximum absolute atomic E-state index is 5.79. The Bertz CT molecular complexity index is 317. The minimum atomic E-state index is 0. The number of nitrogens with zero attached hydrogens (tertiary/aromatic N) is 1. The summed E-state index contributed by atoms with van der Waals surface area (Å²) in [4.78, 5) is 2.46. The van der Waals surface area contributed by atoms with Gasteiger partial charge in [0.1, 0.15) is 0 Å². The van der Waals surface area contributed by atoms with Crippen LogP contribution in [0.4, 0.5) is 0 Å². The van der Waals surface area contributed by atoms with Gasteiger partial charge in [-0.2, -0.15) is 0 Å². The van der Waals surface area contributed by atoms with E-state index in [-0.39, 0.29) is 12.4 Å². The molecule has 102 valence electrons. The predicted octanol–water partition coefficient (Wildman–Crippen LogP) is 2.90. The summed E-state index contributed by atoms with van der Waals surface area (Å²) in [5.74, 6) is 0.741. The van der Waals surface area contributed by atoms with E-state index >= 15 is 0 Å². The molecule has 1 unspecified atom stereocenters. The Morgan fingerprint density at radius 3 is 2.78 bits per heavy atom. The van der Waals surface area contributed by atoms with Crippen molar-refractivity contribution in [1.29, 1.82) is 0 Å². The van der Waals surface area contributed by atoms with Crippen LogP contribution in [-0.4, -0.2) is 36.5 Å². The summed E-state index contributed by atoms with van der Waals surface area (Å²) < 4.78 is 0. The molecule has 18 heavy (non-hydrogen) atoms.